The van der Waals surface area contributed by atoms with Gasteiger partial charge in [-0.1, -0.05) is 0 Å². The molecule has 1 fully saturated rings. The Kier molecular flexibility index (Phi) is 4.38. The highest BCUT2D eigenvalue weighted by atomic mass is 16.3. The van der Waals surface area contributed by atoms with Crippen LogP contribution in [0.4, 0.5) is 0 Å². The number of hydrogen-bond donors (Lipinski definition) is 2. The van der Waals surface area contributed by atoms with Crippen molar-refractivity contribution in [2.45, 2.75) is 18.9 Å². The molecule has 2 heterocycles. The predicted molar refractivity (Wildman–Crippen MR) is 69.4 cm³/mol. The summed E-state index contributed by atoms with van der Waals surface area (Å²) in [6.45, 7) is 2.09. The minimum Gasteiger partial charge on any atom is -0.395 e. The second-order valence-corrected chi connectivity index (χ2v) is 4.77. The van der Waals surface area contributed by atoms with Gasteiger partial charge in [-0.3, -0.25) is 4.79 Å². The van der Waals surface area contributed by atoms with Crippen molar-refractivity contribution >= 4 is 5.91 Å². The molecule has 0 aromatic carbocycles. The van der Waals surface area contributed by atoms with E-state index in [1.807, 2.05) is 29.9 Å². The molecule has 1 aliphatic rings. The van der Waals surface area contributed by atoms with Crippen LogP contribution in [-0.4, -0.2) is 52.8 Å². The van der Waals surface area contributed by atoms with E-state index in [0.29, 0.717) is 24.8 Å². The van der Waals surface area contributed by atoms with E-state index in [-0.39, 0.29) is 12.5 Å². The maximum Gasteiger partial charge on any atom is 0.270 e. The van der Waals surface area contributed by atoms with Gasteiger partial charge in [0.05, 0.1) is 6.61 Å². The summed E-state index contributed by atoms with van der Waals surface area (Å²) in [4.78, 5) is 14.1. The number of carbonyl (C=O) groups excluding carboxylic acids is 1. The smallest absolute Gasteiger partial charge is 0.270 e. The van der Waals surface area contributed by atoms with Crippen LogP contribution in [0.5, 0.6) is 0 Å². The molecular formula is C13H21N3O2. The van der Waals surface area contributed by atoms with Gasteiger partial charge in [0.1, 0.15) is 5.69 Å². The topological polar surface area (TPSA) is 57.5 Å². The van der Waals surface area contributed by atoms with Crippen LogP contribution in [0.15, 0.2) is 18.3 Å². The molecule has 2 N–H and O–H groups in total. The van der Waals surface area contributed by atoms with Gasteiger partial charge in [0, 0.05) is 32.4 Å². The van der Waals surface area contributed by atoms with E-state index in [0.717, 1.165) is 19.4 Å². The highest BCUT2D eigenvalue weighted by Crippen LogP contribution is 2.10. The third kappa shape index (κ3) is 2.91. The van der Waals surface area contributed by atoms with E-state index in [1.165, 1.54) is 0 Å². The van der Waals surface area contributed by atoms with Gasteiger partial charge < -0.3 is 19.9 Å². The maximum atomic E-state index is 12.4. The summed E-state index contributed by atoms with van der Waals surface area (Å²) < 4.78 is 1.81. The summed E-state index contributed by atoms with van der Waals surface area (Å²) in [6, 6.07) is 4.04. The third-order valence-electron chi connectivity index (χ3n) is 3.42. The van der Waals surface area contributed by atoms with Crippen LogP contribution in [0, 0.1) is 0 Å². The monoisotopic (exact) mass is 251 g/mol. The number of rotatable bonds is 5. The number of aryl methyl sites for hydroxylation is 1. The zero-order valence-electron chi connectivity index (χ0n) is 10.8. The normalized spacial score (nSPS) is 19.1. The van der Waals surface area contributed by atoms with Crippen molar-refractivity contribution in [1.29, 1.82) is 0 Å². The summed E-state index contributed by atoms with van der Waals surface area (Å²) in [6.07, 6.45) is 4.12. The van der Waals surface area contributed by atoms with Crippen LogP contribution in [0.1, 0.15) is 23.3 Å². The van der Waals surface area contributed by atoms with Crippen molar-refractivity contribution in [3.8, 4) is 0 Å². The summed E-state index contributed by atoms with van der Waals surface area (Å²) in [5.74, 6) is -0.00903. The summed E-state index contributed by atoms with van der Waals surface area (Å²) in [5.41, 5.74) is 0.668. The average Bonchev–Trinajstić information content (AvgIpc) is 2.99. The molecule has 5 nitrogen and oxygen atoms in total. The Morgan fingerprint density at radius 2 is 2.50 bits per heavy atom. The van der Waals surface area contributed by atoms with Crippen molar-refractivity contribution in [2.75, 3.05) is 26.2 Å². The first kappa shape index (κ1) is 13.1. The van der Waals surface area contributed by atoms with E-state index < -0.39 is 0 Å². The van der Waals surface area contributed by atoms with E-state index in [2.05, 4.69) is 5.32 Å². The first-order chi connectivity index (χ1) is 8.72. The van der Waals surface area contributed by atoms with Gasteiger partial charge in [-0.15, -0.1) is 0 Å². The fraction of sp³-hybridized carbons (Fsp3) is 0.615. The van der Waals surface area contributed by atoms with Gasteiger partial charge in [-0.2, -0.15) is 0 Å². The Morgan fingerprint density at radius 1 is 1.67 bits per heavy atom. The molecule has 100 valence electrons. The largest absolute Gasteiger partial charge is 0.395 e. The number of nitrogens with zero attached hydrogens (tertiary/aromatic N) is 2. The number of amides is 1. The molecule has 1 saturated heterocycles. The standard InChI is InChI=1S/C13H21N3O2/c1-15-7-3-5-12(15)13(18)16(8-9-17)10-11-4-2-6-14-11/h3,5,7,11,14,17H,2,4,6,8-10H2,1H3. The number of aliphatic hydroxyl groups excluding tert-OH is 1. The lowest BCUT2D eigenvalue weighted by Crippen LogP contribution is -2.43. The van der Waals surface area contributed by atoms with Gasteiger partial charge in [0.15, 0.2) is 0 Å². The van der Waals surface area contributed by atoms with Crippen LogP contribution in [0.25, 0.3) is 0 Å². The number of nitrogens with one attached hydrogen (secondary N) is 1. The SMILES string of the molecule is Cn1cccc1C(=O)N(CCO)CC1CCCN1. The van der Waals surface area contributed by atoms with Crippen molar-refractivity contribution in [3.63, 3.8) is 0 Å². The zero-order chi connectivity index (χ0) is 13.0. The molecule has 18 heavy (non-hydrogen) atoms. The number of hydrogen-bond acceptors (Lipinski definition) is 3. The minimum atomic E-state index is -0.00903. The lowest BCUT2D eigenvalue weighted by molar-refractivity contribution is 0.0697. The lowest BCUT2D eigenvalue weighted by Gasteiger charge is -2.25. The van der Waals surface area contributed by atoms with E-state index in [1.54, 1.807) is 4.90 Å². The van der Waals surface area contributed by atoms with Crippen molar-refractivity contribution in [1.82, 2.24) is 14.8 Å². The van der Waals surface area contributed by atoms with Gasteiger partial charge in [-0.25, -0.2) is 0 Å². The Labute approximate surface area is 107 Å². The predicted octanol–water partition coefficient (Wildman–Crippen LogP) is 0.212. The van der Waals surface area contributed by atoms with Gasteiger partial charge >= 0.3 is 0 Å². The highest BCUT2D eigenvalue weighted by Gasteiger charge is 2.23. The van der Waals surface area contributed by atoms with Crippen LogP contribution >= 0.6 is 0 Å². The molecule has 0 spiro atoms. The first-order valence-corrected chi connectivity index (χ1v) is 6.47. The number of carbonyl (C=O) groups is 1. The number of aliphatic hydroxyl groups is 1. The molecule has 0 aliphatic carbocycles. The lowest BCUT2D eigenvalue weighted by atomic mass is 10.2. The van der Waals surface area contributed by atoms with Crippen LogP contribution in [0.3, 0.4) is 0 Å². The fourth-order valence-electron chi connectivity index (χ4n) is 2.42. The Hall–Kier alpha value is -1.33. The third-order valence-corrected chi connectivity index (χ3v) is 3.42. The van der Waals surface area contributed by atoms with Crippen molar-refractivity contribution in [3.05, 3.63) is 24.0 Å². The second-order valence-electron chi connectivity index (χ2n) is 4.77. The van der Waals surface area contributed by atoms with E-state index in [9.17, 15) is 4.79 Å². The minimum absolute atomic E-state index is 0.00286. The van der Waals surface area contributed by atoms with E-state index in [4.69, 9.17) is 5.11 Å². The maximum absolute atomic E-state index is 12.4. The molecule has 0 radical (unpaired) electrons. The summed E-state index contributed by atoms with van der Waals surface area (Å²) in [5, 5.41) is 12.5. The van der Waals surface area contributed by atoms with Crippen LogP contribution in [-0.2, 0) is 7.05 Å². The molecule has 0 saturated carbocycles. The van der Waals surface area contributed by atoms with Gasteiger partial charge in [0.25, 0.3) is 5.91 Å². The molecule has 0 bridgehead atoms. The highest BCUT2D eigenvalue weighted by molar-refractivity contribution is 5.92. The van der Waals surface area contributed by atoms with Crippen LogP contribution in [0.2, 0.25) is 0 Å². The fourth-order valence-corrected chi connectivity index (χ4v) is 2.42. The average molecular weight is 251 g/mol. The molecule has 1 amide bonds. The Balaban J connectivity index is 2.04. The Morgan fingerprint density at radius 3 is 3.06 bits per heavy atom. The van der Waals surface area contributed by atoms with Gasteiger partial charge in [-0.05, 0) is 31.5 Å². The van der Waals surface area contributed by atoms with Crippen LogP contribution < -0.4 is 5.32 Å². The summed E-state index contributed by atoms with van der Waals surface area (Å²) >= 11 is 0. The zero-order valence-corrected chi connectivity index (χ0v) is 10.8. The van der Waals surface area contributed by atoms with Crippen molar-refractivity contribution < 1.29 is 9.90 Å². The molecule has 1 atom stereocenters. The number of aromatic nitrogens is 1. The molecule has 1 aromatic rings. The quantitative estimate of drug-likeness (QED) is 0.786. The molecular weight excluding hydrogens is 230 g/mol. The molecule has 5 heteroatoms. The first-order valence-electron chi connectivity index (χ1n) is 6.47. The molecule has 1 aromatic heterocycles. The van der Waals surface area contributed by atoms with Gasteiger partial charge in [0.2, 0.25) is 0 Å². The molecule has 1 unspecified atom stereocenters. The molecule has 2 rings (SSSR count). The summed E-state index contributed by atoms with van der Waals surface area (Å²) in [7, 11) is 1.86. The Bertz CT molecular complexity index is 397. The van der Waals surface area contributed by atoms with Crippen molar-refractivity contribution in [2.24, 2.45) is 7.05 Å². The second kappa shape index (κ2) is 6.02. The molecule has 1 aliphatic heterocycles. The van der Waals surface area contributed by atoms with E-state index >= 15 is 0 Å².